The van der Waals surface area contributed by atoms with Crippen molar-refractivity contribution in [1.29, 1.82) is 0 Å². The van der Waals surface area contributed by atoms with E-state index in [1.807, 2.05) is 12.1 Å². The first kappa shape index (κ1) is 17.0. The van der Waals surface area contributed by atoms with E-state index >= 15 is 0 Å². The van der Waals surface area contributed by atoms with Gasteiger partial charge in [-0.15, -0.1) is 12.4 Å². The van der Waals surface area contributed by atoms with E-state index in [0.717, 1.165) is 24.8 Å². The maximum Gasteiger partial charge on any atom is 0.251 e. The second-order valence-corrected chi connectivity index (χ2v) is 5.87. The first-order valence-corrected chi connectivity index (χ1v) is 7.23. The van der Waals surface area contributed by atoms with Gasteiger partial charge in [-0.25, -0.2) is 0 Å². The van der Waals surface area contributed by atoms with Crippen molar-refractivity contribution in [3.8, 4) is 0 Å². The second-order valence-electron chi connectivity index (χ2n) is 5.87. The van der Waals surface area contributed by atoms with E-state index in [0.29, 0.717) is 12.5 Å². The predicted molar refractivity (Wildman–Crippen MR) is 85.5 cm³/mol. The van der Waals surface area contributed by atoms with Gasteiger partial charge in [0.05, 0.1) is 0 Å². The number of halogens is 1. The third-order valence-electron chi connectivity index (χ3n) is 3.74. The van der Waals surface area contributed by atoms with Crippen LogP contribution in [0.1, 0.15) is 48.2 Å². The minimum absolute atomic E-state index is 0. The molecule has 1 aliphatic carbocycles. The molecular formula is C16H25ClN2O. The summed E-state index contributed by atoms with van der Waals surface area (Å²) in [5.74, 6) is 0.541. The molecule has 3 N–H and O–H groups in total. The molecule has 3 nitrogen and oxygen atoms in total. The third-order valence-corrected chi connectivity index (χ3v) is 3.74. The predicted octanol–water partition coefficient (Wildman–Crippen LogP) is 2.70. The van der Waals surface area contributed by atoms with E-state index in [2.05, 4.69) is 25.2 Å². The molecule has 0 saturated heterocycles. The highest BCUT2D eigenvalue weighted by molar-refractivity contribution is 5.94. The summed E-state index contributed by atoms with van der Waals surface area (Å²) in [6.45, 7) is 4.78. The number of rotatable bonds is 5. The Balaban J connectivity index is 0.00000200. The van der Waals surface area contributed by atoms with Gasteiger partial charge in [0.2, 0.25) is 0 Å². The highest BCUT2D eigenvalue weighted by Crippen LogP contribution is 2.22. The SMILES string of the molecule is CC(C)CC(CN)NC(=O)c1ccc2c(c1)CCC2.Cl. The van der Waals surface area contributed by atoms with Gasteiger partial charge >= 0.3 is 0 Å². The molecule has 0 aromatic heterocycles. The van der Waals surface area contributed by atoms with Gasteiger partial charge in [-0.05, 0) is 54.9 Å². The van der Waals surface area contributed by atoms with E-state index in [1.54, 1.807) is 0 Å². The summed E-state index contributed by atoms with van der Waals surface area (Å²) in [5, 5.41) is 3.04. The van der Waals surface area contributed by atoms with Crippen LogP contribution in [0.25, 0.3) is 0 Å². The number of fused-ring (bicyclic) bond motifs is 1. The largest absolute Gasteiger partial charge is 0.348 e. The summed E-state index contributed by atoms with van der Waals surface area (Å²) in [6, 6.07) is 6.14. The van der Waals surface area contributed by atoms with E-state index in [9.17, 15) is 4.79 Å². The van der Waals surface area contributed by atoms with Gasteiger partial charge in [-0.1, -0.05) is 19.9 Å². The van der Waals surface area contributed by atoms with Crippen LogP contribution >= 0.6 is 12.4 Å². The molecule has 0 fully saturated rings. The van der Waals surface area contributed by atoms with Crippen molar-refractivity contribution in [2.75, 3.05) is 6.54 Å². The Bertz CT molecular complexity index is 460. The first-order valence-electron chi connectivity index (χ1n) is 7.23. The van der Waals surface area contributed by atoms with Crippen molar-refractivity contribution in [3.63, 3.8) is 0 Å². The average Bonchev–Trinajstić information content (AvgIpc) is 2.84. The molecule has 1 unspecified atom stereocenters. The molecule has 1 aromatic carbocycles. The van der Waals surface area contributed by atoms with Crippen molar-refractivity contribution in [3.05, 3.63) is 34.9 Å². The van der Waals surface area contributed by atoms with Crippen LogP contribution < -0.4 is 11.1 Å². The molecule has 0 radical (unpaired) electrons. The maximum absolute atomic E-state index is 12.2. The zero-order chi connectivity index (χ0) is 13.8. The first-order chi connectivity index (χ1) is 9.10. The van der Waals surface area contributed by atoms with Gasteiger partial charge < -0.3 is 11.1 Å². The minimum atomic E-state index is 0. The highest BCUT2D eigenvalue weighted by Gasteiger charge is 2.16. The van der Waals surface area contributed by atoms with Crippen LogP contribution in [-0.4, -0.2) is 18.5 Å². The zero-order valence-electron chi connectivity index (χ0n) is 12.3. The van der Waals surface area contributed by atoms with Crippen LogP contribution in [0.3, 0.4) is 0 Å². The Kier molecular flexibility index (Phi) is 6.50. The molecule has 0 spiro atoms. The lowest BCUT2D eigenvalue weighted by Gasteiger charge is -2.19. The molecule has 4 heteroatoms. The maximum atomic E-state index is 12.2. The van der Waals surface area contributed by atoms with E-state index in [1.165, 1.54) is 17.5 Å². The standard InChI is InChI=1S/C16H24N2O.ClH/c1-11(2)8-15(10-17)18-16(19)14-7-6-12-4-3-5-13(12)9-14;/h6-7,9,11,15H,3-5,8,10,17H2,1-2H3,(H,18,19);1H. The molecule has 20 heavy (non-hydrogen) atoms. The molecule has 0 bridgehead atoms. The fourth-order valence-corrected chi connectivity index (χ4v) is 2.76. The number of nitrogens with two attached hydrogens (primary N) is 1. The molecule has 1 aromatic rings. The monoisotopic (exact) mass is 296 g/mol. The Labute approximate surface area is 127 Å². The number of carbonyl (C=O) groups is 1. The molecule has 1 aliphatic rings. The normalized spacial score (nSPS) is 14.6. The van der Waals surface area contributed by atoms with E-state index in [4.69, 9.17) is 5.73 Å². The van der Waals surface area contributed by atoms with Gasteiger partial charge in [0.1, 0.15) is 0 Å². The van der Waals surface area contributed by atoms with E-state index in [-0.39, 0.29) is 24.4 Å². The molecular weight excluding hydrogens is 272 g/mol. The van der Waals surface area contributed by atoms with Crippen molar-refractivity contribution < 1.29 is 4.79 Å². The summed E-state index contributed by atoms with van der Waals surface area (Å²) in [4.78, 5) is 12.2. The Hall–Kier alpha value is -1.06. The van der Waals surface area contributed by atoms with Crippen LogP contribution in [-0.2, 0) is 12.8 Å². The van der Waals surface area contributed by atoms with Gasteiger partial charge in [0, 0.05) is 18.2 Å². The zero-order valence-corrected chi connectivity index (χ0v) is 13.1. The number of nitrogens with one attached hydrogen (secondary N) is 1. The van der Waals surface area contributed by atoms with Crippen molar-refractivity contribution in [2.45, 2.75) is 45.6 Å². The fourth-order valence-electron chi connectivity index (χ4n) is 2.76. The van der Waals surface area contributed by atoms with Crippen molar-refractivity contribution in [2.24, 2.45) is 11.7 Å². The topological polar surface area (TPSA) is 55.1 Å². The molecule has 0 saturated carbocycles. The van der Waals surface area contributed by atoms with E-state index < -0.39 is 0 Å². The summed E-state index contributed by atoms with van der Waals surface area (Å²) < 4.78 is 0. The van der Waals surface area contributed by atoms with Gasteiger partial charge in [-0.2, -0.15) is 0 Å². The molecule has 0 aliphatic heterocycles. The van der Waals surface area contributed by atoms with Crippen LogP contribution in [0.15, 0.2) is 18.2 Å². The lowest BCUT2D eigenvalue weighted by atomic mass is 10.0. The number of hydrogen-bond donors (Lipinski definition) is 2. The Morgan fingerprint density at radius 2 is 2.00 bits per heavy atom. The quantitative estimate of drug-likeness (QED) is 0.878. The number of amides is 1. The molecule has 112 valence electrons. The Morgan fingerprint density at radius 3 is 2.65 bits per heavy atom. The smallest absolute Gasteiger partial charge is 0.251 e. The van der Waals surface area contributed by atoms with Crippen LogP contribution in [0.4, 0.5) is 0 Å². The van der Waals surface area contributed by atoms with Crippen LogP contribution in [0.5, 0.6) is 0 Å². The third kappa shape index (κ3) is 4.22. The number of hydrogen-bond acceptors (Lipinski definition) is 2. The average molecular weight is 297 g/mol. The summed E-state index contributed by atoms with van der Waals surface area (Å²) >= 11 is 0. The summed E-state index contributed by atoms with van der Waals surface area (Å²) in [7, 11) is 0. The van der Waals surface area contributed by atoms with Gasteiger partial charge in [0.25, 0.3) is 5.91 Å². The molecule has 1 amide bonds. The highest BCUT2D eigenvalue weighted by atomic mass is 35.5. The lowest BCUT2D eigenvalue weighted by Crippen LogP contribution is -2.41. The van der Waals surface area contributed by atoms with Gasteiger partial charge in [-0.3, -0.25) is 4.79 Å². The fraction of sp³-hybridized carbons (Fsp3) is 0.562. The minimum Gasteiger partial charge on any atom is -0.348 e. The number of benzene rings is 1. The van der Waals surface area contributed by atoms with Gasteiger partial charge in [0.15, 0.2) is 0 Å². The molecule has 2 rings (SSSR count). The summed E-state index contributed by atoms with van der Waals surface area (Å²) in [6.07, 6.45) is 4.38. The van der Waals surface area contributed by atoms with Crippen molar-refractivity contribution >= 4 is 18.3 Å². The molecule has 0 heterocycles. The van der Waals surface area contributed by atoms with Crippen molar-refractivity contribution in [1.82, 2.24) is 5.32 Å². The summed E-state index contributed by atoms with van der Waals surface area (Å²) in [5.41, 5.74) is 9.22. The second kappa shape index (κ2) is 7.65. The Morgan fingerprint density at radius 1 is 1.30 bits per heavy atom. The number of aryl methyl sites for hydroxylation is 2. The number of carbonyl (C=O) groups excluding carboxylic acids is 1. The molecule has 1 atom stereocenters. The van der Waals surface area contributed by atoms with Crippen LogP contribution in [0.2, 0.25) is 0 Å². The van der Waals surface area contributed by atoms with Crippen LogP contribution in [0, 0.1) is 5.92 Å². The lowest BCUT2D eigenvalue weighted by molar-refractivity contribution is 0.0933.